The van der Waals surface area contributed by atoms with Crippen molar-refractivity contribution >= 4 is 29.0 Å². The number of benzene rings is 1. The molecular weight excluding hydrogens is 385 g/mol. The second-order valence-electron chi connectivity index (χ2n) is 7.89. The smallest absolute Gasteiger partial charge is 0.256 e. The summed E-state index contributed by atoms with van der Waals surface area (Å²) in [7, 11) is 0. The predicted octanol–water partition coefficient (Wildman–Crippen LogP) is 3.10. The van der Waals surface area contributed by atoms with Crippen LogP contribution in [0.1, 0.15) is 34.5 Å². The number of hydrogen-bond donors (Lipinski definition) is 2. The van der Waals surface area contributed by atoms with Crippen LogP contribution in [0.5, 0.6) is 0 Å². The fourth-order valence-electron chi connectivity index (χ4n) is 4.07. The third-order valence-corrected chi connectivity index (χ3v) is 5.87. The zero-order valence-electron chi connectivity index (χ0n) is 17.3. The standard InChI is InChI=1S/C23H26FN3O3/c1-14-18(12-17(28)5-6-27-7-9-30-10-8-27)15(2)25-22(14)13-20-19-11-16(24)3-4-21(19)26-23(20)29/h3-4,11,13,25H,5-10,12H2,1-2H3,(H,26,29)/b20-13-. The average Bonchev–Trinajstić information content (AvgIpc) is 3.18. The number of ether oxygens (including phenoxy) is 1. The molecule has 6 nitrogen and oxygen atoms in total. The number of H-pyrrole nitrogens is 1. The molecule has 2 aliphatic heterocycles. The fraction of sp³-hybridized carbons (Fsp3) is 0.391. The lowest BCUT2D eigenvalue weighted by molar-refractivity contribution is -0.119. The highest BCUT2D eigenvalue weighted by molar-refractivity contribution is 6.34. The molecule has 2 aliphatic rings. The van der Waals surface area contributed by atoms with Crippen molar-refractivity contribution in [1.82, 2.24) is 9.88 Å². The molecule has 1 amide bonds. The van der Waals surface area contributed by atoms with E-state index in [1.807, 2.05) is 13.8 Å². The minimum atomic E-state index is -0.387. The van der Waals surface area contributed by atoms with Crippen molar-refractivity contribution in [2.24, 2.45) is 0 Å². The number of fused-ring (bicyclic) bond motifs is 1. The molecule has 1 aromatic carbocycles. The quantitative estimate of drug-likeness (QED) is 0.717. The molecule has 0 aliphatic carbocycles. The van der Waals surface area contributed by atoms with Crippen LogP contribution in [0.2, 0.25) is 0 Å². The SMILES string of the molecule is Cc1[nH]c(/C=C2\C(=O)Nc3ccc(F)cc32)c(C)c1CC(=O)CCN1CCOCC1. The molecule has 0 unspecified atom stereocenters. The minimum absolute atomic E-state index is 0.192. The second kappa shape index (κ2) is 8.53. The lowest BCUT2D eigenvalue weighted by Crippen LogP contribution is -2.37. The number of Topliss-reactive ketones (excluding diaryl/α,β-unsaturated/α-hetero) is 1. The van der Waals surface area contributed by atoms with Gasteiger partial charge in [0.05, 0.1) is 18.8 Å². The van der Waals surface area contributed by atoms with Gasteiger partial charge >= 0.3 is 0 Å². The molecule has 0 saturated carbocycles. The Morgan fingerprint density at radius 1 is 1.27 bits per heavy atom. The highest BCUT2D eigenvalue weighted by Crippen LogP contribution is 2.34. The number of aromatic amines is 1. The van der Waals surface area contributed by atoms with Gasteiger partial charge in [-0.05, 0) is 49.2 Å². The van der Waals surface area contributed by atoms with E-state index in [4.69, 9.17) is 4.74 Å². The lowest BCUT2D eigenvalue weighted by atomic mass is 10.0. The topological polar surface area (TPSA) is 74.4 Å². The Balaban J connectivity index is 1.50. The summed E-state index contributed by atoms with van der Waals surface area (Å²) in [6.45, 7) is 7.83. The zero-order chi connectivity index (χ0) is 21.3. The first-order valence-electron chi connectivity index (χ1n) is 10.2. The summed E-state index contributed by atoms with van der Waals surface area (Å²) in [5.41, 5.74) is 5.16. The summed E-state index contributed by atoms with van der Waals surface area (Å²) in [6, 6.07) is 4.25. The van der Waals surface area contributed by atoms with Crippen molar-refractivity contribution < 1.29 is 18.7 Å². The molecule has 1 fully saturated rings. The van der Waals surface area contributed by atoms with E-state index in [1.165, 1.54) is 12.1 Å². The number of ketones is 1. The van der Waals surface area contributed by atoms with E-state index in [-0.39, 0.29) is 17.5 Å². The van der Waals surface area contributed by atoms with E-state index in [9.17, 15) is 14.0 Å². The van der Waals surface area contributed by atoms with Crippen molar-refractivity contribution in [2.75, 3.05) is 38.2 Å². The highest BCUT2D eigenvalue weighted by atomic mass is 19.1. The number of morpholine rings is 1. The van der Waals surface area contributed by atoms with Crippen LogP contribution in [0, 0.1) is 19.7 Å². The Labute approximate surface area is 175 Å². The summed E-state index contributed by atoms with van der Waals surface area (Å²) < 4.78 is 19.0. The number of aryl methyl sites for hydroxylation is 1. The molecule has 4 rings (SSSR count). The number of anilines is 1. The maximum absolute atomic E-state index is 13.7. The maximum Gasteiger partial charge on any atom is 0.256 e. The van der Waals surface area contributed by atoms with E-state index in [0.29, 0.717) is 29.7 Å². The number of aromatic nitrogens is 1. The summed E-state index contributed by atoms with van der Waals surface area (Å²) >= 11 is 0. The summed E-state index contributed by atoms with van der Waals surface area (Å²) in [4.78, 5) is 30.5. The van der Waals surface area contributed by atoms with Crippen LogP contribution in [-0.2, 0) is 20.7 Å². The first-order valence-corrected chi connectivity index (χ1v) is 10.2. The maximum atomic E-state index is 13.7. The summed E-state index contributed by atoms with van der Waals surface area (Å²) in [5, 5.41) is 2.76. The van der Waals surface area contributed by atoms with E-state index < -0.39 is 0 Å². The van der Waals surface area contributed by atoms with Crippen molar-refractivity contribution in [3.63, 3.8) is 0 Å². The Bertz CT molecular complexity index is 1020. The molecule has 7 heteroatoms. The minimum Gasteiger partial charge on any atom is -0.379 e. The van der Waals surface area contributed by atoms with Crippen LogP contribution in [0.25, 0.3) is 11.6 Å². The molecule has 2 aromatic rings. The van der Waals surface area contributed by atoms with E-state index in [0.717, 1.165) is 55.4 Å². The molecule has 2 N–H and O–H groups in total. The van der Waals surface area contributed by atoms with Crippen LogP contribution in [0.3, 0.4) is 0 Å². The number of hydrogen-bond acceptors (Lipinski definition) is 4. The van der Waals surface area contributed by atoms with Gasteiger partial charge < -0.3 is 15.0 Å². The Hall–Kier alpha value is -2.77. The third-order valence-electron chi connectivity index (χ3n) is 5.87. The predicted molar refractivity (Wildman–Crippen MR) is 114 cm³/mol. The lowest BCUT2D eigenvalue weighted by Gasteiger charge is -2.26. The number of halogens is 1. The summed E-state index contributed by atoms with van der Waals surface area (Å²) in [5.74, 6) is -0.454. The number of carbonyl (C=O) groups excluding carboxylic acids is 2. The number of nitrogens with zero attached hydrogens (tertiary/aromatic N) is 1. The number of rotatable bonds is 6. The number of nitrogens with one attached hydrogen (secondary N) is 2. The average molecular weight is 411 g/mol. The zero-order valence-corrected chi connectivity index (χ0v) is 17.3. The first kappa shape index (κ1) is 20.5. The normalized spacial score (nSPS) is 18.0. The summed E-state index contributed by atoms with van der Waals surface area (Å²) in [6.07, 6.45) is 2.61. The van der Waals surface area contributed by atoms with Gasteiger partial charge in [-0.15, -0.1) is 0 Å². The molecular formula is C23H26FN3O3. The van der Waals surface area contributed by atoms with Crippen LogP contribution in [0.15, 0.2) is 18.2 Å². The monoisotopic (exact) mass is 411 g/mol. The van der Waals surface area contributed by atoms with Crippen molar-refractivity contribution in [3.8, 4) is 0 Å². The molecule has 1 saturated heterocycles. The van der Waals surface area contributed by atoms with Gasteiger partial charge in [0.1, 0.15) is 11.6 Å². The van der Waals surface area contributed by atoms with Crippen LogP contribution < -0.4 is 5.32 Å². The van der Waals surface area contributed by atoms with Crippen molar-refractivity contribution in [2.45, 2.75) is 26.7 Å². The van der Waals surface area contributed by atoms with Gasteiger partial charge in [-0.3, -0.25) is 14.5 Å². The Morgan fingerprint density at radius 3 is 2.80 bits per heavy atom. The molecule has 1 aromatic heterocycles. The molecule has 0 bridgehead atoms. The van der Waals surface area contributed by atoms with Crippen LogP contribution >= 0.6 is 0 Å². The van der Waals surface area contributed by atoms with Crippen molar-refractivity contribution in [1.29, 1.82) is 0 Å². The van der Waals surface area contributed by atoms with E-state index in [2.05, 4.69) is 15.2 Å². The van der Waals surface area contributed by atoms with Gasteiger partial charge in [-0.1, -0.05) is 0 Å². The van der Waals surface area contributed by atoms with E-state index >= 15 is 0 Å². The van der Waals surface area contributed by atoms with Crippen molar-refractivity contribution in [3.05, 3.63) is 52.1 Å². The number of amides is 1. The van der Waals surface area contributed by atoms with Gasteiger partial charge in [0.25, 0.3) is 5.91 Å². The van der Waals surface area contributed by atoms with Gasteiger partial charge in [0.15, 0.2) is 0 Å². The number of carbonyl (C=O) groups is 2. The Kier molecular flexibility index (Phi) is 5.83. The second-order valence-corrected chi connectivity index (χ2v) is 7.89. The van der Waals surface area contributed by atoms with Crippen LogP contribution in [-0.4, -0.2) is 54.4 Å². The largest absolute Gasteiger partial charge is 0.379 e. The first-order chi connectivity index (χ1) is 14.4. The van der Waals surface area contributed by atoms with Gasteiger partial charge in [-0.2, -0.15) is 0 Å². The van der Waals surface area contributed by atoms with E-state index in [1.54, 1.807) is 12.1 Å². The Morgan fingerprint density at radius 2 is 2.03 bits per heavy atom. The fourth-order valence-corrected chi connectivity index (χ4v) is 4.07. The molecule has 0 radical (unpaired) electrons. The van der Waals surface area contributed by atoms with Gasteiger partial charge in [0, 0.05) is 55.1 Å². The molecule has 30 heavy (non-hydrogen) atoms. The third kappa shape index (κ3) is 4.22. The van der Waals surface area contributed by atoms with Crippen LogP contribution in [0.4, 0.5) is 10.1 Å². The van der Waals surface area contributed by atoms with Gasteiger partial charge in [-0.25, -0.2) is 4.39 Å². The van der Waals surface area contributed by atoms with Gasteiger partial charge in [0.2, 0.25) is 0 Å². The molecule has 158 valence electrons. The molecule has 3 heterocycles. The molecule has 0 atom stereocenters. The highest BCUT2D eigenvalue weighted by Gasteiger charge is 2.25. The molecule has 0 spiro atoms.